The number of carbonyl (C=O) groups excluding carboxylic acids is 1. The van der Waals surface area contributed by atoms with Gasteiger partial charge in [-0.15, -0.1) is 0 Å². The van der Waals surface area contributed by atoms with Gasteiger partial charge in [-0.3, -0.25) is 0 Å². The Labute approximate surface area is 133 Å². The normalized spacial score (nSPS) is 32.5. The third-order valence-electron chi connectivity index (χ3n) is 4.58. The summed E-state index contributed by atoms with van der Waals surface area (Å²) in [6.07, 6.45) is 3.11. The summed E-state index contributed by atoms with van der Waals surface area (Å²) in [5.74, 6) is 0.281. The fourth-order valence-corrected chi connectivity index (χ4v) is 3.08. The molecule has 1 aliphatic carbocycles. The maximum absolute atomic E-state index is 13.2. The number of ether oxygens (including phenoxy) is 2. The van der Waals surface area contributed by atoms with Crippen LogP contribution in [0.25, 0.3) is 0 Å². The highest BCUT2D eigenvalue weighted by atomic mass is 19.1. The maximum atomic E-state index is 13.2. The number of rotatable bonds is 4. The van der Waals surface area contributed by atoms with Crippen molar-refractivity contribution in [3.63, 3.8) is 0 Å². The fourth-order valence-electron chi connectivity index (χ4n) is 3.08. The van der Waals surface area contributed by atoms with E-state index < -0.39 is 11.8 Å². The van der Waals surface area contributed by atoms with Gasteiger partial charge >= 0.3 is 6.09 Å². The van der Waals surface area contributed by atoms with Gasteiger partial charge in [0.2, 0.25) is 0 Å². The highest BCUT2D eigenvalue weighted by Gasteiger charge is 2.36. The first-order chi connectivity index (χ1) is 10.3. The minimum Gasteiger partial charge on any atom is -0.444 e. The van der Waals surface area contributed by atoms with Crippen LogP contribution in [0.3, 0.4) is 0 Å². The topological polar surface area (TPSA) is 38.8 Å². The van der Waals surface area contributed by atoms with Crippen molar-refractivity contribution in [1.82, 2.24) is 4.90 Å². The Morgan fingerprint density at radius 1 is 1.23 bits per heavy atom. The molecule has 0 spiro atoms. The zero-order valence-corrected chi connectivity index (χ0v) is 14.3. The number of carbonyl (C=O) groups is 1. The first kappa shape index (κ1) is 17.5. The van der Waals surface area contributed by atoms with Crippen molar-refractivity contribution < 1.29 is 18.7 Å². The summed E-state index contributed by atoms with van der Waals surface area (Å²) in [6, 6.07) is 0.240. The molecular formula is C17H30FNO3. The summed E-state index contributed by atoms with van der Waals surface area (Å²) in [6.45, 7) is 8.94. The second-order valence-electron chi connectivity index (χ2n) is 7.60. The van der Waals surface area contributed by atoms with Crippen molar-refractivity contribution in [2.75, 3.05) is 13.2 Å². The Morgan fingerprint density at radius 3 is 2.45 bits per heavy atom. The largest absolute Gasteiger partial charge is 0.444 e. The van der Waals surface area contributed by atoms with E-state index in [1.165, 1.54) is 0 Å². The van der Waals surface area contributed by atoms with Crippen LogP contribution in [0.15, 0.2) is 0 Å². The fraction of sp³-hybridized carbons (Fsp3) is 0.941. The number of hydrogen-bond acceptors (Lipinski definition) is 3. The average molecular weight is 315 g/mol. The number of amides is 1. The molecule has 2 unspecified atom stereocenters. The molecule has 2 fully saturated rings. The Hall–Kier alpha value is -0.840. The van der Waals surface area contributed by atoms with Crippen molar-refractivity contribution in [3.8, 4) is 0 Å². The Kier molecular flexibility index (Phi) is 5.70. The summed E-state index contributed by atoms with van der Waals surface area (Å²) in [4.78, 5) is 14.2. The summed E-state index contributed by atoms with van der Waals surface area (Å²) < 4.78 is 24.4. The van der Waals surface area contributed by atoms with Crippen molar-refractivity contribution in [2.24, 2.45) is 5.92 Å². The van der Waals surface area contributed by atoms with Gasteiger partial charge < -0.3 is 14.4 Å². The van der Waals surface area contributed by atoms with Crippen molar-refractivity contribution in [2.45, 2.75) is 83.7 Å². The molecule has 1 heterocycles. The van der Waals surface area contributed by atoms with Crippen LogP contribution in [0.4, 0.5) is 9.18 Å². The van der Waals surface area contributed by atoms with Gasteiger partial charge in [-0.2, -0.15) is 0 Å². The van der Waals surface area contributed by atoms with Crippen LogP contribution in [-0.2, 0) is 9.47 Å². The van der Waals surface area contributed by atoms with Gasteiger partial charge in [-0.25, -0.2) is 9.18 Å². The van der Waals surface area contributed by atoms with Crippen LogP contribution in [0.2, 0.25) is 0 Å². The summed E-state index contributed by atoms with van der Waals surface area (Å²) in [7, 11) is 0. The van der Waals surface area contributed by atoms with Crippen molar-refractivity contribution in [3.05, 3.63) is 0 Å². The summed E-state index contributed by atoms with van der Waals surface area (Å²) in [5.41, 5.74) is -0.480. The van der Waals surface area contributed by atoms with E-state index in [9.17, 15) is 9.18 Å². The molecule has 0 aromatic heterocycles. The summed E-state index contributed by atoms with van der Waals surface area (Å²) >= 11 is 0. The number of halogens is 1. The molecule has 1 amide bonds. The third kappa shape index (κ3) is 4.58. The van der Waals surface area contributed by atoms with E-state index in [2.05, 4.69) is 6.92 Å². The van der Waals surface area contributed by atoms with E-state index in [1.54, 1.807) is 0 Å². The molecule has 0 aromatic carbocycles. The van der Waals surface area contributed by atoms with Gasteiger partial charge in [0.1, 0.15) is 11.8 Å². The number of alkyl halides is 1. The zero-order chi connectivity index (χ0) is 16.3. The number of hydrogen-bond donors (Lipinski definition) is 0. The van der Waals surface area contributed by atoms with E-state index in [0.29, 0.717) is 19.6 Å². The standard InChI is InChI=1S/C17H30FNO3/c1-5-13-7-6-12(11-21-15-9-8-14(15)18)10-19(13)16(20)22-17(2,3)4/h12-15H,5-11H2,1-4H3/t12-,13?,14-,15?/m1/s1. The van der Waals surface area contributed by atoms with Crippen LogP contribution in [-0.4, -0.2) is 48.1 Å². The lowest BCUT2D eigenvalue weighted by molar-refractivity contribution is -0.0810. The van der Waals surface area contributed by atoms with Gasteiger partial charge in [-0.05, 0) is 52.9 Å². The van der Waals surface area contributed by atoms with Crippen LogP contribution < -0.4 is 0 Å². The monoisotopic (exact) mass is 315 g/mol. The lowest BCUT2D eigenvalue weighted by Gasteiger charge is -2.40. The molecule has 1 saturated carbocycles. The SMILES string of the molecule is CCC1CC[C@@H](COC2CC[C@H]2F)CN1C(=O)OC(C)(C)C. The van der Waals surface area contributed by atoms with Gasteiger partial charge in [-0.1, -0.05) is 6.92 Å². The number of nitrogens with zero attached hydrogens (tertiary/aromatic N) is 1. The van der Waals surface area contributed by atoms with E-state index in [4.69, 9.17) is 9.47 Å². The average Bonchev–Trinajstić information content (AvgIpc) is 2.43. The molecule has 2 rings (SSSR count). The smallest absolute Gasteiger partial charge is 0.410 e. The quantitative estimate of drug-likeness (QED) is 0.789. The van der Waals surface area contributed by atoms with Crippen LogP contribution in [0.1, 0.15) is 59.8 Å². The van der Waals surface area contributed by atoms with Gasteiger partial charge in [0.05, 0.1) is 12.7 Å². The van der Waals surface area contributed by atoms with E-state index in [0.717, 1.165) is 25.7 Å². The molecule has 2 aliphatic rings. The highest BCUT2D eigenvalue weighted by Crippen LogP contribution is 2.30. The number of piperidine rings is 1. The first-order valence-corrected chi connectivity index (χ1v) is 8.55. The molecule has 0 aromatic rings. The van der Waals surface area contributed by atoms with Crippen LogP contribution in [0.5, 0.6) is 0 Å². The van der Waals surface area contributed by atoms with Crippen molar-refractivity contribution in [1.29, 1.82) is 0 Å². The predicted octanol–water partition coefficient (Wildman–Crippen LogP) is 3.93. The first-order valence-electron chi connectivity index (χ1n) is 8.55. The second-order valence-corrected chi connectivity index (χ2v) is 7.60. The Balaban J connectivity index is 1.87. The molecule has 1 saturated heterocycles. The second kappa shape index (κ2) is 7.16. The molecule has 0 radical (unpaired) electrons. The minimum absolute atomic E-state index is 0.223. The van der Waals surface area contributed by atoms with Crippen LogP contribution >= 0.6 is 0 Å². The predicted molar refractivity (Wildman–Crippen MR) is 83.6 cm³/mol. The van der Waals surface area contributed by atoms with E-state index >= 15 is 0 Å². The number of likely N-dealkylation sites (tertiary alicyclic amines) is 1. The molecule has 1 aliphatic heterocycles. The molecule has 4 atom stereocenters. The molecule has 22 heavy (non-hydrogen) atoms. The Bertz CT molecular complexity index is 383. The molecular weight excluding hydrogens is 285 g/mol. The van der Waals surface area contributed by atoms with E-state index in [1.807, 2.05) is 25.7 Å². The van der Waals surface area contributed by atoms with E-state index in [-0.39, 0.29) is 24.2 Å². The molecule has 4 nitrogen and oxygen atoms in total. The minimum atomic E-state index is -0.797. The lowest BCUT2D eigenvalue weighted by Crippen LogP contribution is -2.50. The zero-order valence-electron chi connectivity index (χ0n) is 14.3. The molecule has 0 N–H and O–H groups in total. The third-order valence-corrected chi connectivity index (χ3v) is 4.58. The molecule has 5 heteroatoms. The maximum Gasteiger partial charge on any atom is 0.410 e. The van der Waals surface area contributed by atoms with Crippen molar-refractivity contribution >= 4 is 6.09 Å². The summed E-state index contributed by atoms with van der Waals surface area (Å²) in [5, 5.41) is 0. The Morgan fingerprint density at radius 2 is 1.95 bits per heavy atom. The van der Waals surface area contributed by atoms with Gasteiger partial charge in [0.25, 0.3) is 0 Å². The van der Waals surface area contributed by atoms with Gasteiger partial charge in [0, 0.05) is 18.5 Å². The highest BCUT2D eigenvalue weighted by molar-refractivity contribution is 5.68. The molecule has 0 bridgehead atoms. The van der Waals surface area contributed by atoms with Crippen LogP contribution in [0, 0.1) is 5.92 Å². The van der Waals surface area contributed by atoms with Gasteiger partial charge in [0.15, 0.2) is 0 Å². The lowest BCUT2D eigenvalue weighted by atomic mass is 9.91. The molecule has 128 valence electrons.